The monoisotopic (exact) mass is 584 g/mol. The molecular weight excluding hydrogens is 535 g/mol. The van der Waals surface area contributed by atoms with Gasteiger partial charge in [0.25, 0.3) is 0 Å². The molecule has 2 aromatic rings. The van der Waals surface area contributed by atoms with Crippen LogP contribution in [-0.2, 0) is 16.0 Å². The van der Waals surface area contributed by atoms with Crippen molar-refractivity contribution in [3.05, 3.63) is 74.9 Å². The molecule has 0 saturated carbocycles. The third-order valence-corrected chi connectivity index (χ3v) is 23.0. The number of rotatable bonds is 16. The molecule has 0 aliphatic carbocycles. The van der Waals surface area contributed by atoms with Crippen LogP contribution in [0.1, 0.15) is 89.3 Å². The fourth-order valence-corrected chi connectivity index (χ4v) is 22.5. The van der Waals surface area contributed by atoms with E-state index in [0.717, 1.165) is 12.8 Å². The van der Waals surface area contributed by atoms with Gasteiger partial charge < -0.3 is 0 Å². The molecule has 35 heavy (non-hydrogen) atoms. The van der Waals surface area contributed by atoms with E-state index in [-0.39, 0.29) is 5.97 Å². The van der Waals surface area contributed by atoms with Gasteiger partial charge in [0.15, 0.2) is 0 Å². The van der Waals surface area contributed by atoms with E-state index in [1.54, 1.807) is 0 Å². The van der Waals surface area contributed by atoms with Crippen molar-refractivity contribution in [2.75, 3.05) is 6.61 Å². The first-order chi connectivity index (χ1) is 17.0. The number of ether oxygens (including phenoxy) is 1. The van der Waals surface area contributed by atoms with Gasteiger partial charge >= 0.3 is 220 Å². The van der Waals surface area contributed by atoms with Crippen LogP contribution in [0.2, 0.25) is 13.3 Å². The van der Waals surface area contributed by atoms with E-state index < -0.39 is 18.4 Å². The van der Waals surface area contributed by atoms with Gasteiger partial charge in [-0.2, -0.15) is 0 Å². The zero-order valence-electron chi connectivity index (χ0n) is 23.0. The number of benzene rings is 2. The maximum atomic E-state index is 14.0. The van der Waals surface area contributed by atoms with Crippen molar-refractivity contribution in [1.29, 1.82) is 0 Å². The zero-order valence-corrected chi connectivity index (χ0v) is 25.9. The summed E-state index contributed by atoms with van der Waals surface area (Å²) in [4.78, 5) is 14.0. The fourth-order valence-electron chi connectivity index (χ4n) is 5.38. The summed E-state index contributed by atoms with van der Waals surface area (Å²) >= 11 is -3.09. The predicted molar refractivity (Wildman–Crippen MR) is 154 cm³/mol. The molecule has 0 unspecified atom stereocenters. The van der Waals surface area contributed by atoms with Gasteiger partial charge in [0.2, 0.25) is 0 Å². The zero-order chi connectivity index (χ0) is 25.5. The van der Waals surface area contributed by atoms with Gasteiger partial charge in [-0.25, -0.2) is 0 Å². The summed E-state index contributed by atoms with van der Waals surface area (Å²) in [5, 5.41) is 0. The third kappa shape index (κ3) is 8.81. The quantitative estimate of drug-likeness (QED) is 0.112. The Labute approximate surface area is 219 Å². The van der Waals surface area contributed by atoms with Crippen molar-refractivity contribution >= 4 is 29.9 Å². The average molecular weight is 583 g/mol. The Kier molecular flexibility index (Phi) is 13.8. The van der Waals surface area contributed by atoms with Gasteiger partial charge in [-0.1, -0.05) is 0 Å². The minimum absolute atomic E-state index is 0.00192. The van der Waals surface area contributed by atoms with E-state index in [2.05, 4.69) is 82.3 Å². The van der Waals surface area contributed by atoms with Gasteiger partial charge in [0.05, 0.1) is 0 Å². The predicted octanol–water partition coefficient (Wildman–Crippen LogP) is 9.33. The molecule has 2 nitrogen and oxygen atoms in total. The molecule has 0 aliphatic heterocycles. The first-order valence-electron chi connectivity index (χ1n) is 14.0. The van der Waals surface area contributed by atoms with Crippen LogP contribution in [-0.4, -0.2) is 31.0 Å². The number of hydrogen-bond donors (Lipinski definition) is 0. The van der Waals surface area contributed by atoms with Gasteiger partial charge in [0.1, 0.15) is 0 Å². The molecule has 2 aromatic carbocycles. The van der Waals surface area contributed by atoms with E-state index in [1.165, 1.54) is 77.7 Å². The van der Waals surface area contributed by atoms with Crippen molar-refractivity contribution in [3.8, 4) is 0 Å². The molecule has 0 aliphatic rings. The van der Waals surface area contributed by atoms with E-state index in [9.17, 15) is 4.79 Å². The normalized spacial score (nSPS) is 12.4. The molecule has 192 valence electrons. The summed E-state index contributed by atoms with van der Waals surface area (Å²) in [6.45, 7) is 11.5. The number of carbonyl (C=O) groups excluding carboxylic acids is 1. The maximum absolute atomic E-state index is 14.0. The minimum atomic E-state index is -3.09. The van der Waals surface area contributed by atoms with E-state index in [4.69, 9.17) is 4.74 Å². The number of aryl methyl sites for hydroxylation is 2. The molecule has 0 heterocycles. The molecule has 2 rings (SSSR count). The molecule has 0 spiro atoms. The van der Waals surface area contributed by atoms with Crippen molar-refractivity contribution in [1.82, 2.24) is 0 Å². The van der Waals surface area contributed by atoms with Crippen LogP contribution in [0.5, 0.6) is 0 Å². The second kappa shape index (κ2) is 16.2. The van der Waals surface area contributed by atoms with E-state index in [0.29, 0.717) is 6.61 Å². The Morgan fingerprint density at radius 2 is 1.31 bits per heavy atom. The number of esters is 1. The molecule has 0 fully saturated rings. The Bertz CT molecular complexity index is 894. The van der Waals surface area contributed by atoms with Gasteiger partial charge in [-0.05, 0) is 0 Å². The van der Waals surface area contributed by atoms with Crippen LogP contribution >= 0.6 is 0 Å². The van der Waals surface area contributed by atoms with Crippen molar-refractivity contribution in [2.24, 2.45) is 0 Å². The van der Waals surface area contributed by atoms with Crippen LogP contribution in [0, 0.1) is 6.92 Å². The van der Waals surface area contributed by atoms with Crippen molar-refractivity contribution < 1.29 is 9.53 Å². The van der Waals surface area contributed by atoms with Gasteiger partial charge in [-0.15, -0.1) is 0 Å². The van der Waals surface area contributed by atoms with Crippen LogP contribution in [0.15, 0.2) is 58.2 Å². The van der Waals surface area contributed by atoms with Crippen LogP contribution < -0.4 is 0 Å². The summed E-state index contributed by atoms with van der Waals surface area (Å²) in [6, 6.07) is 19.4. The fraction of sp³-hybridized carbons (Fsp3) is 0.531. The summed E-state index contributed by atoms with van der Waals surface area (Å²) in [7, 11) is 0. The average Bonchev–Trinajstić information content (AvgIpc) is 2.88. The third-order valence-electron chi connectivity index (χ3n) is 7.31. The van der Waals surface area contributed by atoms with E-state index in [1.807, 2.05) is 6.92 Å². The standard InChI is InChI=1S/C20H21O2.3C4H9.Sn/c1-3-22-20(21)15-18(19-12-8-7-9-16(19)2)14-13-17-10-5-4-6-11-17;3*1-3-4-2;/h4-12H,3,13-14H2,1-2H3;3*1,3-4H2,2H3;. The number of allylic oxidation sites excluding steroid dienone is 1. The van der Waals surface area contributed by atoms with Crippen molar-refractivity contribution in [2.45, 2.75) is 99.3 Å². The molecule has 0 bridgehead atoms. The summed E-state index contributed by atoms with van der Waals surface area (Å²) < 4.78 is 10.9. The SMILES string of the molecule is CCC[CH2][Sn]([CH2]CCC)([CH2]CCC)/[C](C(=O)OCC)=C(\CCc1ccccc1)c1ccccc1C. The first kappa shape index (κ1) is 29.7. The topological polar surface area (TPSA) is 26.3 Å². The summed E-state index contributed by atoms with van der Waals surface area (Å²) in [6.07, 6.45) is 9.10. The molecule has 0 aromatic heterocycles. The number of unbranched alkanes of at least 4 members (excludes halogenated alkanes) is 3. The first-order valence-corrected chi connectivity index (χ1v) is 21.5. The molecule has 0 amide bonds. The molecule has 3 heteroatoms. The molecule has 0 atom stereocenters. The summed E-state index contributed by atoms with van der Waals surface area (Å²) in [5.74, 6) is -0.00192. The number of hydrogen-bond acceptors (Lipinski definition) is 2. The summed E-state index contributed by atoms with van der Waals surface area (Å²) in [5.41, 5.74) is 5.15. The van der Waals surface area contributed by atoms with Crippen LogP contribution in [0.25, 0.3) is 5.57 Å². The van der Waals surface area contributed by atoms with E-state index >= 15 is 0 Å². The van der Waals surface area contributed by atoms with Crippen LogP contribution in [0.4, 0.5) is 0 Å². The molecule has 0 N–H and O–H groups in total. The van der Waals surface area contributed by atoms with Gasteiger partial charge in [0, 0.05) is 0 Å². The second-order valence-corrected chi connectivity index (χ2v) is 23.0. The van der Waals surface area contributed by atoms with Gasteiger partial charge in [-0.3, -0.25) is 0 Å². The Hall–Kier alpha value is -1.55. The molecule has 0 radical (unpaired) electrons. The van der Waals surface area contributed by atoms with Crippen LogP contribution in [0.3, 0.4) is 0 Å². The Morgan fingerprint density at radius 1 is 0.771 bits per heavy atom. The Balaban J connectivity index is 2.80. The van der Waals surface area contributed by atoms with Crippen molar-refractivity contribution in [3.63, 3.8) is 0 Å². The number of carbonyl (C=O) groups is 1. The Morgan fingerprint density at radius 3 is 1.83 bits per heavy atom. The second-order valence-electron chi connectivity index (χ2n) is 9.97. The molecular formula is C32H48O2Sn. The molecule has 0 saturated heterocycles.